The van der Waals surface area contributed by atoms with Crippen LogP contribution in [0.3, 0.4) is 0 Å². The molecule has 0 fully saturated rings. The van der Waals surface area contributed by atoms with Gasteiger partial charge in [-0.2, -0.15) is 0 Å². The molecule has 1 N–H and O–H groups in total. The van der Waals surface area contributed by atoms with Crippen LogP contribution >= 0.6 is 0 Å². The SMILES string of the molecule is O=C(O)c1ccc(-c2ccc3c(c2)CCO3)cn1. The Labute approximate surface area is 104 Å². The largest absolute Gasteiger partial charge is 0.493 e. The highest BCUT2D eigenvalue weighted by Crippen LogP contribution is 2.30. The summed E-state index contributed by atoms with van der Waals surface area (Å²) in [5, 5.41) is 8.79. The minimum absolute atomic E-state index is 0.0586. The predicted molar refractivity (Wildman–Crippen MR) is 65.8 cm³/mol. The molecule has 1 aromatic heterocycles. The highest BCUT2D eigenvalue weighted by molar-refractivity contribution is 5.85. The number of nitrogens with zero attached hydrogens (tertiary/aromatic N) is 1. The normalized spacial score (nSPS) is 12.9. The van der Waals surface area contributed by atoms with E-state index in [-0.39, 0.29) is 5.69 Å². The van der Waals surface area contributed by atoms with Gasteiger partial charge in [0.2, 0.25) is 0 Å². The molecule has 0 bridgehead atoms. The Morgan fingerprint density at radius 1 is 1.22 bits per heavy atom. The summed E-state index contributed by atoms with van der Waals surface area (Å²) in [6.45, 7) is 0.731. The number of hydrogen-bond acceptors (Lipinski definition) is 3. The molecule has 4 heteroatoms. The zero-order valence-corrected chi connectivity index (χ0v) is 9.59. The van der Waals surface area contributed by atoms with E-state index in [0.717, 1.165) is 29.9 Å². The number of hydrogen-bond donors (Lipinski definition) is 1. The van der Waals surface area contributed by atoms with Crippen LogP contribution in [0, 0.1) is 0 Å². The summed E-state index contributed by atoms with van der Waals surface area (Å²) in [6, 6.07) is 9.26. The standard InChI is InChI=1S/C14H11NO3/c16-14(17)12-3-1-11(8-15-12)9-2-4-13-10(7-9)5-6-18-13/h1-4,7-8H,5-6H2,(H,16,17). The summed E-state index contributed by atoms with van der Waals surface area (Å²) in [5.41, 5.74) is 3.19. The first-order chi connectivity index (χ1) is 8.74. The van der Waals surface area contributed by atoms with Gasteiger partial charge in [-0.25, -0.2) is 9.78 Å². The Morgan fingerprint density at radius 3 is 2.78 bits per heavy atom. The number of carbonyl (C=O) groups is 1. The Bertz CT molecular complexity index is 605. The third kappa shape index (κ3) is 1.82. The quantitative estimate of drug-likeness (QED) is 0.876. The lowest BCUT2D eigenvalue weighted by molar-refractivity contribution is 0.0690. The zero-order valence-electron chi connectivity index (χ0n) is 9.59. The zero-order chi connectivity index (χ0) is 12.5. The van der Waals surface area contributed by atoms with Crippen molar-refractivity contribution in [2.75, 3.05) is 6.61 Å². The summed E-state index contributed by atoms with van der Waals surface area (Å²) in [6.07, 6.45) is 2.50. The van der Waals surface area contributed by atoms with E-state index in [4.69, 9.17) is 9.84 Å². The Morgan fingerprint density at radius 2 is 2.06 bits per heavy atom. The van der Waals surface area contributed by atoms with Crippen LogP contribution in [0.15, 0.2) is 36.5 Å². The fourth-order valence-corrected chi connectivity index (χ4v) is 2.06. The van der Waals surface area contributed by atoms with Gasteiger partial charge in [-0.3, -0.25) is 0 Å². The van der Waals surface area contributed by atoms with E-state index in [0.29, 0.717) is 0 Å². The van der Waals surface area contributed by atoms with Crippen molar-refractivity contribution in [2.45, 2.75) is 6.42 Å². The van der Waals surface area contributed by atoms with Crippen molar-refractivity contribution in [1.82, 2.24) is 4.98 Å². The molecule has 3 rings (SSSR count). The Kier molecular flexibility index (Phi) is 2.48. The first-order valence-electron chi connectivity index (χ1n) is 5.69. The monoisotopic (exact) mass is 241 g/mol. The molecular weight excluding hydrogens is 230 g/mol. The summed E-state index contributed by atoms with van der Waals surface area (Å²) in [7, 11) is 0. The topological polar surface area (TPSA) is 59.4 Å². The maximum atomic E-state index is 10.7. The van der Waals surface area contributed by atoms with E-state index in [1.165, 1.54) is 11.6 Å². The molecule has 2 heterocycles. The van der Waals surface area contributed by atoms with Gasteiger partial charge in [0.15, 0.2) is 0 Å². The second-order valence-electron chi connectivity index (χ2n) is 4.16. The molecule has 0 unspecified atom stereocenters. The number of ether oxygens (including phenoxy) is 1. The van der Waals surface area contributed by atoms with E-state index in [1.54, 1.807) is 12.3 Å². The van der Waals surface area contributed by atoms with Gasteiger partial charge in [-0.15, -0.1) is 0 Å². The first kappa shape index (κ1) is 10.8. The van der Waals surface area contributed by atoms with Crippen molar-refractivity contribution in [3.8, 4) is 16.9 Å². The van der Waals surface area contributed by atoms with Gasteiger partial charge in [0.05, 0.1) is 6.61 Å². The lowest BCUT2D eigenvalue weighted by Crippen LogP contribution is -1.99. The summed E-state index contributed by atoms with van der Waals surface area (Å²) in [5.74, 6) is -0.0715. The third-order valence-corrected chi connectivity index (χ3v) is 3.01. The molecule has 1 aliphatic rings. The number of carboxylic acids is 1. The predicted octanol–water partition coefficient (Wildman–Crippen LogP) is 2.38. The van der Waals surface area contributed by atoms with Crippen LogP contribution in [-0.2, 0) is 6.42 Å². The summed E-state index contributed by atoms with van der Waals surface area (Å²) >= 11 is 0. The first-order valence-corrected chi connectivity index (χ1v) is 5.69. The maximum absolute atomic E-state index is 10.7. The van der Waals surface area contributed by atoms with Crippen LogP contribution in [0.4, 0.5) is 0 Å². The fourth-order valence-electron chi connectivity index (χ4n) is 2.06. The third-order valence-electron chi connectivity index (χ3n) is 3.01. The average Bonchev–Trinajstić information content (AvgIpc) is 2.86. The van der Waals surface area contributed by atoms with Gasteiger partial charge in [0, 0.05) is 18.2 Å². The lowest BCUT2D eigenvalue weighted by atomic mass is 10.0. The van der Waals surface area contributed by atoms with Crippen molar-refractivity contribution in [3.63, 3.8) is 0 Å². The molecule has 18 heavy (non-hydrogen) atoms. The van der Waals surface area contributed by atoms with Crippen LogP contribution < -0.4 is 4.74 Å². The number of fused-ring (bicyclic) bond motifs is 1. The van der Waals surface area contributed by atoms with Crippen LogP contribution in [0.2, 0.25) is 0 Å². The molecule has 0 aliphatic carbocycles. The molecule has 1 aromatic carbocycles. The summed E-state index contributed by atoms with van der Waals surface area (Å²) in [4.78, 5) is 14.6. The fraction of sp³-hybridized carbons (Fsp3) is 0.143. The van der Waals surface area contributed by atoms with Crippen molar-refractivity contribution in [1.29, 1.82) is 0 Å². The number of benzene rings is 1. The van der Waals surface area contributed by atoms with Gasteiger partial charge in [0.1, 0.15) is 11.4 Å². The van der Waals surface area contributed by atoms with Gasteiger partial charge in [0.25, 0.3) is 0 Å². The Hall–Kier alpha value is -2.36. The Balaban J connectivity index is 1.97. The molecule has 1 aliphatic heterocycles. The minimum Gasteiger partial charge on any atom is -0.493 e. The highest BCUT2D eigenvalue weighted by Gasteiger charge is 2.13. The molecule has 0 saturated carbocycles. The van der Waals surface area contributed by atoms with Gasteiger partial charge in [-0.1, -0.05) is 12.1 Å². The molecule has 0 amide bonds. The summed E-state index contributed by atoms with van der Waals surface area (Å²) < 4.78 is 5.45. The van der Waals surface area contributed by atoms with Crippen molar-refractivity contribution in [3.05, 3.63) is 47.8 Å². The molecule has 2 aromatic rings. The van der Waals surface area contributed by atoms with Crippen LogP contribution in [-0.4, -0.2) is 22.7 Å². The minimum atomic E-state index is -1.01. The van der Waals surface area contributed by atoms with E-state index in [9.17, 15) is 4.79 Å². The molecule has 0 atom stereocenters. The molecule has 90 valence electrons. The molecule has 0 spiro atoms. The number of rotatable bonds is 2. The second kappa shape index (κ2) is 4.14. The van der Waals surface area contributed by atoms with E-state index >= 15 is 0 Å². The van der Waals surface area contributed by atoms with Crippen molar-refractivity contribution >= 4 is 5.97 Å². The average molecular weight is 241 g/mol. The van der Waals surface area contributed by atoms with Gasteiger partial charge >= 0.3 is 5.97 Å². The van der Waals surface area contributed by atoms with Crippen LogP contribution in [0.1, 0.15) is 16.1 Å². The number of aromatic nitrogens is 1. The van der Waals surface area contributed by atoms with E-state index in [2.05, 4.69) is 11.1 Å². The van der Waals surface area contributed by atoms with Crippen LogP contribution in [0.5, 0.6) is 5.75 Å². The maximum Gasteiger partial charge on any atom is 0.354 e. The molecular formula is C14H11NO3. The molecule has 0 radical (unpaired) electrons. The number of pyridine rings is 1. The lowest BCUT2D eigenvalue weighted by Gasteiger charge is -2.04. The second-order valence-corrected chi connectivity index (χ2v) is 4.16. The van der Waals surface area contributed by atoms with Gasteiger partial charge < -0.3 is 9.84 Å². The number of aromatic carboxylic acids is 1. The number of carboxylic acid groups (broad SMARTS) is 1. The van der Waals surface area contributed by atoms with Crippen molar-refractivity contribution in [2.24, 2.45) is 0 Å². The molecule has 4 nitrogen and oxygen atoms in total. The smallest absolute Gasteiger partial charge is 0.354 e. The van der Waals surface area contributed by atoms with Crippen molar-refractivity contribution < 1.29 is 14.6 Å². The molecule has 0 saturated heterocycles. The van der Waals surface area contributed by atoms with Gasteiger partial charge in [-0.05, 0) is 29.3 Å². The van der Waals surface area contributed by atoms with E-state index < -0.39 is 5.97 Å². The van der Waals surface area contributed by atoms with E-state index in [1.807, 2.05) is 12.1 Å². The highest BCUT2D eigenvalue weighted by atomic mass is 16.5. The van der Waals surface area contributed by atoms with Crippen LogP contribution in [0.25, 0.3) is 11.1 Å².